The summed E-state index contributed by atoms with van der Waals surface area (Å²) in [5, 5.41) is 0.789. The zero-order valence-electron chi connectivity index (χ0n) is 11.2. The lowest BCUT2D eigenvalue weighted by Gasteiger charge is -2.06. The lowest BCUT2D eigenvalue weighted by Crippen LogP contribution is -2.29. The fraction of sp³-hybridized carbons (Fsp3) is 0.0625. The monoisotopic (exact) mass is 283 g/mol. The van der Waals surface area contributed by atoms with Crippen molar-refractivity contribution in [1.82, 2.24) is 9.99 Å². The molecular weight excluding hydrogens is 269 g/mol. The van der Waals surface area contributed by atoms with E-state index < -0.39 is 0 Å². The highest BCUT2D eigenvalue weighted by Gasteiger charge is 2.14. The minimum absolute atomic E-state index is 0.264. The van der Waals surface area contributed by atoms with E-state index in [0.29, 0.717) is 17.7 Å². The Balaban J connectivity index is 2.11. The van der Waals surface area contributed by atoms with Crippen molar-refractivity contribution in [2.75, 3.05) is 0 Å². The van der Waals surface area contributed by atoms with Crippen LogP contribution in [0.2, 0.25) is 0 Å². The third kappa shape index (κ3) is 2.39. The average molecular weight is 283 g/mol. The fourth-order valence-corrected chi connectivity index (χ4v) is 2.45. The molecule has 0 bridgehead atoms. The Bertz CT molecular complexity index is 810. The maximum Gasteiger partial charge on any atom is 0.267 e. The number of hydrazine groups is 1. The summed E-state index contributed by atoms with van der Waals surface area (Å²) in [4.78, 5) is 11.8. The zero-order chi connectivity index (χ0) is 14.8. The van der Waals surface area contributed by atoms with Gasteiger partial charge >= 0.3 is 0 Å². The fourth-order valence-electron chi connectivity index (χ4n) is 2.45. The molecule has 0 radical (unpaired) electrons. The van der Waals surface area contributed by atoms with Crippen molar-refractivity contribution in [2.24, 2.45) is 5.84 Å². The first-order chi connectivity index (χ1) is 10.2. The molecule has 2 aromatic carbocycles. The molecular formula is C16H14FN3O. The molecule has 0 saturated heterocycles. The largest absolute Gasteiger partial charge is 0.342 e. The molecule has 3 N–H and O–H groups in total. The maximum absolute atomic E-state index is 13.8. The van der Waals surface area contributed by atoms with E-state index >= 15 is 0 Å². The highest BCUT2D eigenvalue weighted by atomic mass is 19.1. The number of carbonyl (C=O) groups excluding carboxylic acids is 1. The molecule has 0 saturated carbocycles. The number of rotatable bonds is 3. The van der Waals surface area contributed by atoms with Crippen LogP contribution < -0.4 is 11.3 Å². The Kier molecular flexibility index (Phi) is 3.41. The van der Waals surface area contributed by atoms with Gasteiger partial charge in [-0.3, -0.25) is 10.2 Å². The van der Waals surface area contributed by atoms with Crippen molar-refractivity contribution in [2.45, 2.75) is 6.54 Å². The highest BCUT2D eigenvalue weighted by molar-refractivity contribution is 6.06. The van der Waals surface area contributed by atoms with Crippen LogP contribution >= 0.6 is 0 Å². The van der Waals surface area contributed by atoms with Crippen molar-refractivity contribution >= 4 is 16.8 Å². The van der Waals surface area contributed by atoms with E-state index in [1.807, 2.05) is 28.8 Å². The Morgan fingerprint density at radius 2 is 1.86 bits per heavy atom. The topological polar surface area (TPSA) is 60.0 Å². The number of nitrogens with zero attached hydrogens (tertiary/aromatic N) is 1. The van der Waals surface area contributed by atoms with Crippen LogP contribution in [0.1, 0.15) is 15.9 Å². The van der Waals surface area contributed by atoms with E-state index in [-0.39, 0.29) is 11.7 Å². The summed E-state index contributed by atoms with van der Waals surface area (Å²) < 4.78 is 15.6. The third-order valence-electron chi connectivity index (χ3n) is 3.46. The first-order valence-corrected chi connectivity index (χ1v) is 6.53. The number of nitrogens with two attached hydrogens (primary N) is 1. The van der Waals surface area contributed by atoms with Crippen molar-refractivity contribution in [1.29, 1.82) is 0 Å². The van der Waals surface area contributed by atoms with Gasteiger partial charge in [-0.15, -0.1) is 0 Å². The van der Waals surface area contributed by atoms with Crippen LogP contribution in [0.25, 0.3) is 10.9 Å². The summed E-state index contributed by atoms with van der Waals surface area (Å²) in [6.07, 6.45) is 1.69. The second-order valence-electron chi connectivity index (χ2n) is 4.75. The van der Waals surface area contributed by atoms with Crippen molar-refractivity contribution in [3.05, 3.63) is 71.7 Å². The molecule has 0 aliphatic carbocycles. The molecule has 0 unspecified atom stereocenters. The number of halogens is 1. The van der Waals surface area contributed by atoms with Gasteiger partial charge in [-0.05, 0) is 12.1 Å². The predicted octanol–water partition coefficient (Wildman–Crippen LogP) is 2.43. The van der Waals surface area contributed by atoms with Crippen molar-refractivity contribution < 1.29 is 9.18 Å². The van der Waals surface area contributed by atoms with Crippen molar-refractivity contribution in [3.8, 4) is 0 Å². The molecule has 0 aliphatic heterocycles. The van der Waals surface area contributed by atoms with Crippen LogP contribution in [0.3, 0.4) is 0 Å². The Morgan fingerprint density at radius 3 is 2.62 bits per heavy atom. The maximum atomic E-state index is 13.8. The third-order valence-corrected chi connectivity index (χ3v) is 3.46. The number of hydrogen-bond acceptors (Lipinski definition) is 2. The lowest BCUT2D eigenvalue weighted by atomic mass is 10.1. The van der Waals surface area contributed by atoms with E-state index in [2.05, 4.69) is 5.43 Å². The normalized spacial score (nSPS) is 10.8. The molecule has 4 nitrogen and oxygen atoms in total. The summed E-state index contributed by atoms with van der Waals surface area (Å²) in [6.45, 7) is 0.352. The van der Waals surface area contributed by atoms with E-state index in [0.717, 1.165) is 10.9 Å². The van der Waals surface area contributed by atoms with Crippen LogP contribution in [-0.2, 0) is 6.54 Å². The molecule has 1 heterocycles. The van der Waals surface area contributed by atoms with Gasteiger partial charge in [0, 0.05) is 22.7 Å². The second-order valence-corrected chi connectivity index (χ2v) is 4.75. The van der Waals surface area contributed by atoms with E-state index in [4.69, 9.17) is 5.84 Å². The molecule has 1 amide bonds. The van der Waals surface area contributed by atoms with E-state index in [1.54, 1.807) is 24.4 Å². The molecule has 0 fully saturated rings. The van der Waals surface area contributed by atoms with Crippen LogP contribution in [0, 0.1) is 5.82 Å². The number of carbonyl (C=O) groups is 1. The quantitative estimate of drug-likeness (QED) is 0.440. The SMILES string of the molecule is NNC(=O)c1cn(Cc2ccccc2F)c2ccccc12. The van der Waals surface area contributed by atoms with Gasteiger partial charge in [0.25, 0.3) is 5.91 Å². The number of amides is 1. The molecule has 106 valence electrons. The molecule has 0 atom stereocenters. The molecule has 3 aromatic rings. The number of nitrogens with one attached hydrogen (secondary N) is 1. The summed E-state index contributed by atoms with van der Waals surface area (Å²) >= 11 is 0. The first-order valence-electron chi connectivity index (χ1n) is 6.53. The first kappa shape index (κ1) is 13.3. The predicted molar refractivity (Wildman–Crippen MR) is 79.1 cm³/mol. The van der Waals surface area contributed by atoms with Gasteiger partial charge < -0.3 is 4.57 Å². The zero-order valence-corrected chi connectivity index (χ0v) is 11.2. The Hall–Kier alpha value is -2.66. The molecule has 21 heavy (non-hydrogen) atoms. The minimum atomic E-state index is -0.363. The molecule has 0 aliphatic rings. The van der Waals surface area contributed by atoms with Gasteiger partial charge in [-0.1, -0.05) is 36.4 Å². The Labute approximate surface area is 121 Å². The summed E-state index contributed by atoms with van der Waals surface area (Å²) in [5.74, 6) is 4.59. The van der Waals surface area contributed by atoms with Gasteiger partial charge in [0.05, 0.1) is 12.1 Å². The van der Waals surface area contributed by atoms with Gasteiger partial charge in [0.2, 0.25) is 0 Å². The van der Waals surface area contributed by atoms with Gasteiger partial charge in [-0.2, -0.15) is 0 Å². The van der Waals surface area contributed by atoms with Crippen LogP contribution in [-0.4, -0.2) is 10.5 Å². The number of nitrogen functional groups attached to an aromatic ring is 1. The number of hydrogen-bond donors (Lipinski definition) is 2. The molecule has 3 rings (SSSR count). The molecule has 1 aromatic heterocycles. The van der Waals surface area contributed by atoms with Crippen LogP contribution in [0.4, 0.5) is 4.39 Å². The number of benzene rings is 2. The van der Waals surface area contributed by atoms with Gasteiger partial charge in [0.1, 0.15) is 5.82 Å². The number of para-hydroxylation sites is 1. The van der Waals surface area contributed by atoms with Crippen LogP contribution in [0.15, 0.2) is 54.7 Å². The minimum Gasteiger partial charge on any atom is -0.342 e. The highest BCUT2D eigenvalue weighted by Crippen LogP contribution is 2.22. The van der Waals surface area contributed by atoms with Crippen molar-refractivity contribution in [3.63, 3.8) is 0 Å². The van der Waals surface area contributed by atoms with E-state index in [9.17, 15) is 9.18 Å². The van der Waals surface area contributed by atoms with Gasteiger partial charge in [0.15, 0.2) is 0 Å². The number of fused-ring (bicyclic) bond motifs is 1. The number of aromatic nitrogens is 1. The summed E-state index contributed by atoms with van der Waals surface area (Å²) in [5.41, 5.74) is 4.04. The average Bonchev–Trinajstić information content (AvgIpc) is 2.88. The summed E-state index contributed by atoms with van der Waals surface area (Å²) in [6, 6.07) is 14.1. The van der Waals surface area contributed by atoms with E-state index in [1.165, 1.54) is 6.07 Å². The Morgan fingerprint density at radius 1 is 1.14 bits per heavy atom. The second kappa shape index (κ2) is 5.38. The smallest absolute Gasteiger partial charge is 0.267 e. The standard InChI is InChI=1S/C16H14FN3O/c17-14-7-3-1-5-11(14)9-20-10-13(16(21)19-18)12-6-2-4-8-15(12)20/h1-8,10H,9,18H2,(H,19,21). The summed E-state index contributed by atoms with van der Waals surface area (Å²) in [7, 11) is 0. The lowest BCUT2D eigenvalue weighted by molar-refractivity contribution is 0.0955. The molecule has 0 spiro atoms. The molecule has 5 heteroatoms. The van der Waals surface area contributed by atoms with Crippen LogP contribution in [0.5, 0.6) is 0 Å². The van der Waals surface area contributed by atoms with Gasteiger partial charge in [-0.25, -0.2) is 10.2 Å².